The molecule has 0 fully saturated rings. The second kappa shape index (κ2) is 6.24. The Hall–Kier alpha value is -0.770. The average Bonchev–Trinajstić information content (AvgIpc) is 2.27. The molecule has 0 aromatic heterocycles. The molecule has 1 rings (SSSR count). The quantitative estimate of drug-likeness (QED) is 0.822. The lowest BCUT2D eigenvalue weighted by Gasteiger charge is -2.26. The van der Waals surface area contributed by atoms with E-state index in [1.165, 1.54) is 0 Å². The lowest BCUT2D eigenvalue weighted by molar-refractivity contribution is 0.365. The molecule has 4 heteroatoms. The highest BCUT2D eigenvalue weighted by molar-refractivity contribution is 6.31. The molecule has 0 aliphatic rings. The summed E-state index contributed by atoms with van der Waals surface area (Å²) >= 11 is 6.17. The van der Waals surface area contributed by atoms with Crippen molar-refractivity contribution >= 4 is 11.6 Å². The van der Waals surface area contributed by atoms with Crippen LogP contribution in [0.4, 0.5) is 0 Å². The van der Waals surface area contributed by atoms with Gasteiger partial charge in [-0.1, -0.05) is 17.7 Å². The number of nitrogens with two attached hydrogens (primary N) is 1. The number of halogens is 1. The molecule has 0 amide bonds. The molecule has 0 bridgehead atoms. The molecule has 96 valence electrons. The smallest absolute Gasteiger partial charge is 0.120 e. The van der Waals surface area contributed by atoms with E-state index in [4.69, 9.17) is 22.1 Å². The Morgan fingerprint density at radius 2 is 2.12 bits per heavy atom. The van der Waals surface area contributed by atoms with E-state index in [9.17, 15) is 0 Å². The van der Waals surface area contributed by atoms with Gasteiger partial charge >= 0.3 is 0 Å². The summed E-state index contributed by atoms with van der Waals surface area (Å²) in [5.41, 5.74) is 6.66. The molecular formula is C13H21ClN2O. The minimum absolute atomic E-state index is 0.0258. The first-order chi connectivity index (χ1) is 7.98. The number of rotatable bonds is 6. The summed E-state index contributed by atoms with van der Waals surface area (Å²) in [5.74, 6) is 0.778. The van der Waals surface area contributed by atoms with E-state index in [2.05, 4.69) is 19.2 Å². The summed E-state index contributed by atoms with van der Waals surface area (Å²) in [5, 5.41) is 4.17. The largest absolute Gasteiger partial charge is 0.497 e. The number of ether oxygens (including phenoxy) is 1. The summed E-state index contributed by atoms with van der Waals surface area (Å²) < 4.78 is 5.11. The lowest BCUT2D eigenvalue weighted by Crippen LogP contribution is -2.40. The fourth-order valence-electron chi connectivity index (χ4n) is 1.58. The van der Waals surface area contributed by atoms with Crippen LogP contribution < -0.4 is 15.8 Å². The summed E-state index contributed by atoms with van der Waals surface area (Å²) in [7, 11) is 1.63. The van der Waals surface area contributed by atoms with Gasteiger partial charge in [0.15, 0.2) is 0 Å². The fourth-order valence-corrected chi connectivity index (χ4v) is 1.82. The third-order valence-electron chi connectivity index (χ3n) is 2.79. The zero-order valence-electron chi connectivity index (χ0n) is 10.7. The molecule has 3 nitrogen and oxygen atoms in total. The predicted molar refractivity (Wildman–Crippen MR) is 72.6 cm³/mol. The van der Waals surface area contributed by atoms with E-state index in [1.54, 1.807) is 7.11 Å². The van der Waals surface area contributed by atoms with Crippen molar-refractivity contribution in [3.05, 3.63) is 28.8 Å². The number of methoxy groups -OCH3 is 1. The molecule has 0 spiro atoms. The van der Waals surface area contributed by atoms with E-state index >= 15 is 0 Å². The van der Waals surface area contributed by atoms with E-state index in [1.807, 2.05) is 18.2 Å². The number of benzene rings is 1. The van der Waals surface area contributed by atoms with Crippen LogP contribution in [0.2, 0.25) is 5.02 Å². The lowest BCUT2D eigenvalue weighted by atomic mass is 10.0. The van der Waals surface area contributed by atoms with Crippen LogP contribution in [0.1, 0.15) is 25.8 Å². The molecule has 0 unspecified atom stereocenters. The Kier molecular flexibility index (Phi) is 5.25. The summed E-state index contributed by atoms with van der Waals surface area (Å²) in [6.45, 7) is 5.68. The summed E-state index contributed by atoms with van der Waals surface area (Å²) in [6.07, 6.45) is 0.931. The van der Waals surface area contributed by atoms with Gasteiger partial charge in [0, 0.05) is 17.1 Å². The van der Waals surface area contributed by atoms with Crippen molar-refractivity contribution in [3.63, 3.8) is 0 Å². The minimum Gasteiger partial charge on any atom is -0.497 e. The van der Waals surface area contributed by atoms with Crippen LogP contribution in [0, 0.1) is 0 Å². The molecule has 0 saturated heterocycles. The zero-order chi connectivity index (χ0) is 12.9. The van der Waals surface area contributed by atoms with Crippen LogP contribution in [-0.4, -0.2) is 19.2 Å². The maximum absolute atomic E-state index is 6.17. The van der Waals surface area contributed by atoms with Crippen molar-refractivity contribution < 1.29 is 4.74 Å². The maximum atomic E-state index is 6.17. The Bertz CT molecular complexity index is 366. The molecule has 0 radical (unpaired) electrons. The topological polar surface area (TPSA) is 47.3 Å². The SMILES string of the molecule is COc1ccc(CNC(C)(C)CCN)c(Cl)c1. The van der Waals surface area contributed by atoms with Crippen LogP contribution in [0.5, 0.6) is 5.75 Å². The summed E-state index contributed by atoms with van der Waals surface area (Å²) in [4.78, 5) is 0. The van der Waals surface area contributed by atoms with Crippen molar-refractivity contribution in [2.75, 3.05) is 13.7 Å². The van der Waals surface area contributed by atoms with Gasteiger partial charge in [-0.15, -0.1) is 0 Å². The molecule has 0 aliphatic carbocycles. The van der Waals surface area contributed by atoms with Gasteiger partial charge in [0.2, 0.25) is 0 Å². The molecule has 3 N–H and O–H groups in total. The van der Waals surface area contributed by atoms with Crippen LogP contribution in [-0.2, 0) is 6.54 Å². The van der Waals surface area contributed by atoms with Gasteiger partial charge < -0.3 is 15.8 Å². The first-order valence-electron chi connectivity index (χ1n) is 5.76. The highest BCUT2D eigenvalue weighted by Gasteiger charge is 2.16. The molecule has 1 aromatic rings. The van der Waals surface area contributed by atoms with Gasteiger partial charge in [0.05, 0.1) is 7.11 Å². The molecular weight excluding hydrogens is 236 g/mol. The van der Waals surface area contributed by atoms with E-state index in [0.717, 1.165) is 29.3 Å². The average molecular weight is 257 g/mol. The Morgan fingerprint density at radius 3 is 2.65 bits per heavy atom. The van der Waals surface area contributed by atoms with Crippen molar-refractivity contribution in [1.82, 2.24) is 5.32 Å². The second-order valence-electron chi connectivity index (χ2n) is 4.73. The first-order valence-corrected chi connectivity index (χ1v) is 6.14. The molecule has 0 saturated carbocycles. The summed E-state index contributed by atoms with van der Waals surface area (Å²) in [6, 6.07) is 5.72. The third-order valence-corrected chi connectivity index (χ3v) is 3.14. The highest BCUT2D eigenvalue weighted by atomic mass is 35.5. The number of nitrogens with one attached hydrogen (secondary N) is 1. The third kappa shape index (κ3) is 4.54. The van der Waals surface area contributed by atoms with Crippen LogP contribution >= 0.6 is 11.6 Å². The number of hydrogen-bond acceptors (Lipinski definition) is 3. The maximum Gasteiger partial charge on any atom is 0.120 e. The molecule has 0 atom stereocenters. The predicted octanol–water partition coefficient (Wildman–Crippen LogP) is 2.57. The zero-order valence-corrected chi connectivity index (χ0v) is 11.5. The first kappa shape index (κ1) is 14.3. The highest BCUT2D eigenvalue weighted by Crippen LogP contribution is 2.22. The monoisotopic (exact) mass is 256 g/mol. The van der Waals surface area contributed by atoms with Crippen LogP contribution in [0.25, 0.3) is 0 Å². The van der Waals surface area contributed by atoms with Gasteiger partial charge in [0.25, 0.3) is 0 Å². The van der Waals surface area contributed by atoms with Crippen molar-refractivity contribution in [2.45, 2.75) is 32.4 Å². The van der Waals surface area contributed by atoms with Crippen molar-refractivity contribution in [2.24, 2.45) is 5.73 Å². The van der Waals surface area contributed by atoms with Crippen molar-refractivity contribution in [3.8, 4) is 5.75 Å². The second-order valence-corrected chi connectivity index (χ2v) is 5.14. The van der Waals surface area contributed by atoms with Gasteiger partial charge in [-0.3, -0.25) is 0 Å². The minimum atomic E-state index is 0.0258. The Labute approximate surface area is 108 Å². The van der Waals surface area contributed by atoms with Crippen LogP contribution in [0.15, 0.2) is 18.2 Å². The van der Waals surface area contributed by atoms with Gasteiger partial charge in [0.1, 0.15) is 5.75 Å². The Morgan fingerprint density at radius 1 is 1.41 bits per heavy atom. The van der Waals surface area contributed by atoms with Gasteiger partial charge in [-0.25, -0.2) is 0 Å². The van der Waals surface area contributed by atoms with E-state index in [0.29, 0.717) is 6.54 Å². The molecule has 0 aliphatic heterocycles. The normalized spacial score (nSPS) is 11.6. The fraction of sp³-hybridized carbons (Fsp3) is 0.538. The molecule has 1 aromatic carbocycles. The molecule has 17 heavy (non-hydrogen) atoms. The van der Waals surface area contributed by atoms with Crippen molar-refractivity contribution in [1.29, 1.82) is 0 Å². The van der Waals surface area contributed by atoms with E-state index < -0.39 is 0 Å². The number of hydrogen-bond donors (Lipinski definition) is 2. The van der Waals surface area contributed by atoms with Crippen LogP contribution in [0.3, 0.4) is 0 Å². The van der Waals surface area contributed by atoms with Gasteiger partial charge in [-0.05, 0) is 44.5 Å². The standard InChI is InChI=1S/C13H21ClN2O/c1-13(2,6-7-15)16-9-10-4-5-11(17-3)8-12(10)14/h4-5,8,16H,6-7,9,15H2,1-3H3. The Balaban J connectivity index is 2.63. The van der Waals surface area contributed by atoms with Gasteiger partial charge in [-0.2, -0.15) is 0 Å². The molecule has 0 heterocycles. The van der Waals surface area contributed by atoms with E-state index in [-0.39, 0.29) is 5.54 Å².